The molecule has 1 aromatic carbocycles. The fourth-order valence-corrected chi connectivity index (χ4v) is 4.88. The molecule has 1 N–H and O–H groups in total. The molecular formula is C21H19ClN4O3S. The van der Waals surface area contributed by atoms with Crippen molar-refractivity contribution in [1.29, 1.82) is 5.41 Å². The first-order chi connectivity index (χ1) is 14.3. The van der Waals surface area contributed by atoms with Crippen LogP contribution < -0.4 is 11.0 Å². The van der Waals surface area contributed by atoms with Crippen LogP contribution in [0.25, 0.3) is 16.7 Å². The van der Waals surface area contributed by atoms with Gasteiger partial charge in [0.1, 0.15) is 21.7 Å². The standard InChI is InChI=1S/C21H19ClN4O3S/c1-3-13(2)26-19(23)17(30(28,29)15-9-7-14(22)8-10-15)12-16-20(26)24-18-6-4-5-11-25(18)21(16)27/h4-13,23H,3H2,1-2H3/t13-/m0/s1. The van der Waals surface area contributed by atoms with Crippen molar-refractivity contribution in [3.8, 4) is 0 Å². The van der Waals surface area contributed by atoms with Gasteiger partial charge in [-0.05, 0) is 55.8 Å². The van der Waals surface area contributed by atoms with Crippen LogP contribution in [0.2, 0.25) is 5.02 Å². The lowest BCUT2D eigenvalue weighted by molar-refractivity contribution is 0.508. The third-order valence-electron chi connectivity index (χ3n) is 5.17. The van der Waals surface area contributed by atoms with Crippen molar-refractivity contribution in [2.24, 2.45) is 0 Å². The molecule has 0 unspecified atom stereocenters. The summed E-state index contributed by atoms with van der Waals surface area (Å²) in [4.78, 5) is 17.5. The van der Waals surface area contributed by atoms with Gasteiger partial charge in [-0.2, -0.15) is 0 Å². The van der Waals surface area contributed by atoms with Gasteiger partial charge in [-0.1, -0.05) is 24.6 Å². The maximum absolute atomic E-state index is 13.3. The number of pyridine rings is 2. The smallest absolute Gasteiger partial charge is 0.267 e. The van der Waals surface area contributed by atoms with E-state index >= 15 is 0 Å². The van der Waals surface area contributed by atoms with Crippen molar-refractivity contribution >= 4 is 38.1 Å². The number of benzene rings is 1. The van der Waals surface area contributed by atoms with Crippen LogP contribution in [0.3, 0.4) is 0 Å². The summed E-state index contributed by atoms with van der Waals surface area (Å²) in [6.07, 6.45) is 2.21. The molecule has 0 aliphatic carbocycles. The summed E-state index contributed by atoms with van der Waals surface area (Å²) in [7, 11) is -4.06. The Bertz CT molecular complexity index is 1510. The van der Waals surface area contributed by atoms with Gasteiger partial charge in [0.2, 0.25) is 9.84 Å². The molecular weight excluding hydrogens is 424 g/mol. The van der Waals surface area contributed by atoms with Gasteiger partial charge in [0.05, 0.1) is 10.3 Å². The Kier molecular flexibility index (Phi) is 4.99. The van der Waals surface area contributed by atoms with Gasteiger partial charge >= 0.3 is 0 Å². The van der Waals surface area contributed by atoms with Crippen molar-refractivity contribution in [2.75, 3.05) is 0 Å². The molecule has 0 radical (unpaired) electrons. The summed E-state index contributed by atoms with van der Waals surface area (Å²) < 4.78 is 29.6. The van der Waals surface area contributed by atoms with E-state index in [1.54, 1.807) is 24.4 Å². The minimum absolute atomic E-state index is 0.00398. The number of aromatic nitrogens is 3. The molecule has 4 aromatic rings. The highest BCUT2D eigenvalue weighted by Gasteiger charge is 2.25. The molecule has 4 rings (SSSR count). The molecule has 154 valence electrons. The highest BCUT2D eigenvalue weighted by Crippen LogP contribution is 2.24. The Morgan fingerprint density at radius 1 is 1.17 bits per heavy atom. The third-order valence-corrected chi connectivity index (χ3v) is 7.21. The fraction of sp³-hybridized carbons (Fsp3) is 0.190. The minimum atomic E-state index is -4.06. The van der Waals surface area contributed by atoms with Crippen LogP contribution in [0.4, 0.5) is 0 Å². The summed E-state index contributed by atoms with van der Waals surface area (Å²) in [6, 6.07) is 11.9. The number of nitrogens with one attached hydrogen (secondary N) is 1. The summed E-state index contributed by atoms with van der Waals surface area (Å²) in [5.41, 5.74) is 0.125. The van der Waals surface area contributed by atoms with Crippen molar-refractivity contribution < 1.29 is 8.42 Å². The lowest BCUT2D eigenvalue weighted by Gasteiger charge is -2.19. The molecule has 9 heteroatoms. The zero-order valence-electron chi connectivity index (χ0n) is 16.3. The molecule has 30 heavy (non-hydrogen) atoms. The van der Waals surface area contributed by atoms with E-state index in [2.05, 4.69) is 4.98 Å². The fourth-order valence-electron chi connectivity index (χ4n) is 3.38. The van der Waals surface area contributed by atoms with Crippen LogP contribution in [-0.2, 0) is 9.84 Å². The number of halogens is 1. The molecule has 0 bridgehead atoms. The minimum Gasteiger partial charge on any atom is -0.307 e. The van der Waals surface area contributed by atoms with Crippen LogP contribution in [0.1, 0.15) is 26.3 Å². The van der Waals surface area contributed by atoms with E-state index in [4.69, 9.17) is 17.0 Å². The summed E-state index contributed by atoms with van der Waals surface area (Å²) in [6.45, 7) is 3.79. The van der Waals surface area contributed by atoms with E-state index in [1.807, 2.05) is 13.8 Å². The molecule has 1 atom stereocenters. The number of fused-ring (bicyclic) bond motifs is 2. The van der Waals surface area contributed by atoms with Crippen molar-refractivity contribution in [3.63, 3.8) is 0 Å². The monoisotopic (exact) mass is 442 g/mol. The van der Waals surface area contributed by atoms with Crippen LogP contribution >= 0.6 is 11.6 Å². The Labute approximate surface area is 177 Å². The maximum Gasteiger partial charge on any atom is 0.267 e. The number of hydrogen-bond acceptors (Lipinski definition) is 5. The van der Waals surface area contributed by atoms with Crippen LogP contribution in [0.15, 0.2) is 69.3 Å². The average molecular weight is 443 g/mol. The van der Waals surface area contributed by atoms with Gasteiger partial charge < -0.3 is 4.57 Å². The molecule has 0 saturated carbocycles. The normalized spacial score (nSPS) is 13.0. The highest BCUT2D eigenvalue weighted by molar-refractivity contribution is 7.91. The number of rotatable bonds is 4. The number of nitrogens with zero attached hydrogens (tertiary/aromatic N) is 3. The SMILES string of the molecule is CC[C@H](C)n1c(=N)c(S(=O)(=O)c2ccc(Cl)cc2)cc2c(=O)n3ccccc3nc21. The second kappa shape index (κ2) is 7.37. The van der Waals surface area contributed by atoms with E-state index in [-0.39, 0.29) is 32.3 Å². The second-order valence-electron chi connectivity index (χ2n) is 7.02. The van der Waals surface area contributed by atoms with Gasteiger partial charge in [0, 0.05) is 17.3 Å². The largest absolute Gasteiger partial charge is 0.307 e. The van der Waals surface area contributed by atoms with Crippen molar-refractivity contribution in [1.82, 2.24) is 14.0 Å². The van der Waals surface area contributed by atoms with Crippen LogP contribution in [-0.4, -0.2) is 22.4 Å². The zero-order valence-corrected chi connectivity index (χ0v) is 17.9. The van der Waals surface area contributed by atoms with Crippen molar-refractivity contribution in [2.45, 2.75) is 36.1 Å². The van der Waals surface area contributed by atoms with E-state index < -0.39 is 9.84 Å². The molecule has 0 aliphatic heterocycles. The average Bonchev–Trinajstić information content (AvgIpc) is 2.73. The molecule has 0 fully saturated rings. The number of hydrogen-bond donors (Lipinski definition) is 1. The Hall–Kier alpha value is -2.97. The number of sulfone groups is 1. The predicted octanol–water partition coefficient (Wildman–Crippen LogP) is 3.59. The van der Waals surface area contributed by atoms with E-state index in [0.717, 1.165) is 0 Å². The first-order valence-corrected chi connectivity index (χ1v) is 11.2. The van der Waals surface area contributed by atoms with Gasteiger partial charge in [0.15, 0.2) is 0 Å². The van der Waals surface area contributed by atoms with Gasteiger partial charge in [-0.25, -0.2) is 13.4 Å². The molecule has 0 aliphatic rings. The van der Waals surface area contributed by atoms with Crippen LogP contribution in [0, 0.1) is 5.41 Å². The first-order valence-electron chi connectivity index (χ1n) is 9.37. The Morgan fingerprint density at radius 2 is 1.87 bits per heavy atom. The van der Waals surface area contributed by atoms with Gasteiger partial charge in [-0.3, -0.25) is 14.6 Å². The van der Waals surface area contributed by atoms with E-state index in [9.17, 15) is 13.2 Å². The highest BCUT2D eigenvalue weighted by atomic mass is 35.5. The molecule has 7 nitrogen and oxygen atoms in total. The molecule has 3 heterocycles. The van der Waals surface area contributed by atoms with E-state index in [0.29, 0.717) is 22.7 Å². The zero-order chi connectivity index (χ0) is 21.6. The summed E-state index contributed by atoms with van der Waals surface area (Å²) in [5.74, 6) is 0. The lowest BCUT2D eigenvalue weighted by Crippen LogP contribution is -2.31. The van der Waals surface area contributed by atoms with Gasteiger partial charge in [-0.15, -0.1) is 0 Å². The Balaban J connectivity index is 2.16. The topological polar surface area (TPSA) is 97.3 Å². The Morgan fingerprint density at radius 3 is 2.53 bits per heavy atom. The predicted molar refractivity (Wildman–Crippen MR) is 115 cm³/mol. The lowest BCUT2D eigenvalue weighted by atomic mass is 10.2. The quantitative estimate of drug-likeness (QED) is 0.488. The van der Waals surface area contributed by atoms with Crippen molar-refractivity contribution in [3.05, 3.63) is 75.6 Å². The molecule has 3 aromatic heterocycles. The molecule has 0 amide bonds. The van der Waals surface area contributed by atoms with E-state index in [1.165, 1.54) is 39.3 Å². The molecule has 0 spiro atoms. The molecule has 0 saturated heterocycles. The summed E-state index contributed by atoms with van der Waals surface area (Å²) >= 11 is 5.89. The maximum atomic E-state index is 13.3. The van der Waals surface area contributed by atoms with Crippen LogP contribution in [0.5, 0.6) is 0 Å². The third kappa shape index (κ3) is 3.12. The summed E-state index contributed by atoms with van der Waals surface area (Å²) in [5, 5.41) is 9.24. The first kappa shape index (κ1) is 20.3. The second-order valence-corrected chi connectivity index (χ2v) is 9.38. The van der Waals surface area contributed by atoms with Gasteiger partial charge in [0.25, 0.3) is 5.56 Å².